The van der Waals surface area contributed by atoms with Crippen molar-refractivity contribution in [3.05, 3.63) is 35.6 Å². The van der Waals surface area contributed by atoms with E-state index in [0.717, 1.165) is 22.7 Å². The molecule has 0 saturated heterocycles. The maximum absolute atomic E-state index is 12.8. The summed E-state index contributed by atoms with van der Waals surface area (Å²) in [6, 6.07) is 5.94. The minimum atomic E-state index is -3.46. The molecule has 94 valence electrons. The van der Waals surface area contributed by atoms with Gasteiger partial charge in [0.25, 0.3) is 10.2 Å². The van der Waals surface area contributed by atoms with Crippen LogP contribution in [0.1, 0.15) is 18.4 Å². The summed E-state index contributed by atoms with van der Waals surface area (Å²) in [7, 11) is -0.512. The van der Waals surface area contributed by atoms with Gasteiger partial charge in [0.05, 0.1) is 5.54 Å². The van der Waals surface area contributed by atoms with Crippen LogP contribution in [-0.2, 0) is 15.7 Å². The first-order valence-corrected chi connectivity index (χ1v) is 6.77. The first-order chi connectivity index (χ1) is 7.86. The highest BCUT2D eigenvalue weighted by Crippen LogP contribution is 2.46. The van der Waals surface area contributed by atoms with Gasteiger partial charge in [-0.15, -0.1) is 0 Å². The zero-order chi connectivity index (χ0) is 12.7. The molecule has 0 radical (unpaired) electrons. The van der Waals surface area contributed by atoms with Gasteiger partial charge in [-0.05, 0) is 30.5 Å². The Morgan fingerprint density at radius 1 is 1.24 bits per heavy atom. The van der Waals surface area contributed by atoms with E-state index in [9.17, 15) is 12.8 Å². The van der Waals surface area contributed by atoms with Crippen LogP contribution in [0.25, 0.3) is 0 Å². The number of nitrogens with one attached hydrogen (secondary N) is 1. The summed E-state index contributed by atoms with van der Waals surface area (Å²) in [6.07, 6.45) is 1.48. The van der Waals surface area contributed by atoms with Crippen molar-refractivity contribution in [1.82, 2.24) is 9.03 Å². The maximum atomic E-state index is 12.8. The summed E-state index contributed by atoms with van der Waals surface area (Å²) < 4.78 is 40.1. The molecule has 0 amide bonds. The minimum absolute atomic E-state index is 0.319. The molecule has 0 bridgehead atoms. The number of rotatable bonds is 4. The van der Waals surface area contributed by atoms with E-state index in [-0.39, 0.29) is 5.82 Å². The first-order valence-electron chi connectivity index (χ1n) is 5.33. The van der Waals surface area contributed by atoms with Crippen LogP contribution in [-0.4, -0.2) is 26.8 Å². The quantitative estimate of drug-likeness (QED) is 0.882. The summed E-state index contributed by atoms with van der Waals surface area (Å²) in [5.74, 6) is -0.319. The van der Waals surface area contributed by atoms with E-state index in [1.54, 1.807) is 12.1 Å². The number of nitrogens with zero attached hydrogens (tertiary/aromatic N) is 1. The molecule has 0 atom stereocenters. The Morgan fingerprint density at radius 3 is 2.18 bits per heavy atom. The topological polar surface area (TPSA) is 49.4 Å². The summed E-state index contributed by atoms with van der Waals surface area (Å²) in [6.45, 7) is 0. The fourth-order valence-electron chi connectivity index (χ4n) is 1.68. The van der Waals surface area contributed by atoms with E-state index in [1.807, 2.05) is 0 Å². The molecule has 4 nitrogen and oxygen atoms in total. The summed E-state index contributed by atoms with van der Waals surface area (Å²) in [5.41, 5.74) is 0.265. The molecule has 6 heteroatoms. The van der Waals surface area contributed by atoms with Gasteiger partial charge < -0.3 is 0 Å². The van der Waals surface area contributed by atoms with E-state index in [2.05, 4.69) is 4.72 Å². The Kier molecular flexibility index (Phi) is 2.97. The highest BCUT2D eigenvalue weighted by molar-refractivity contribution is 7.87. The zero-order valence-electron chi connectivity index (χ0n) is 9.77. The Hall–Kier alpha value is -0.980. The molecular formula is C11H15FN2O2S. The first kappa shape index (κ1) is 12.5. The molecular weight excluding hydrogens is 243 g/mol. The predicted octanol–water partition coefficient (Wildman–Crippen LogP) is 1.21. The van der Waals surface area contributed by atoms with Crippen LogP contribution in [0.15, 0.2) is 24.3 Å². The largest absolute Gasteiger partial charge is 0.279 e. The van der Waals surface area contributed by atoms with Gasteiger partial charge in [0.2, 0.25) is 0 Å². The fourth-order valence-corrected chi connectivity index (χ4v) is 2.68. The van der Waals surface area contributed by atoms with Gasteiger partial charge in [-0.1, -0.05) is 12.1 Å². The van der Waals surface area contributed by atoms with Crippen molar-refractivity contribution >= 4 is 10.2 Å². The molecule has 17 heavy (non-hydrogen) atoms. The second-order valence-corrected chi connectivity index (χ2v) is 6.36. The SMILES string of the molecule is CN(C)S(=O)(=O)NC1(c2ccc(F)cc2)CC1. The van der Waals surface area contributed by atoms with Crippen molar-refractivity contribution in [3.8, 4) is 0 Å². The van der Waals surface area contributed by atoms with Gasteiger partial charge in [-0.3, -0.25) is 0 Å². The molecule has 0 spiro atoms. The zero-order valence-corrected chi connectivity index (χ0v) is 10.6. The summed E-state index contributed by atoms with van der Waals surface area (Å²) in [4.78, 5) is 0. The third kappa shape index (κ3) is 2.48. The highest BCUT2D eigenvalue weighted by Gasteiger charge is 2.47. The number of hydrogen-bond acceptors (Lipinski definition) is 2. The normalized spacial score (nSPS) is 18.4. The lowest BCUT2D eigenvalue weighted by molar-refractivity contribution is 0.484. The average Bonchev–Trinajstić information content (AvgIpc) is 2.98. The van der Waals surface area contributed by atoms with Crippen molar-refractivity contribution in [2.24, 2.45) is 0 Å². The second-order valence-electron chi connectivity index (χ2n) is 4.48. The van der Waals surface area contributed by atoms with Crippen LogP contribution in [0.2, 0.25) is 0 Å². The molecule has 0 aliphatic heterocycles. The van der Waals surface area contributed by atoms with E-state index < -0.39 is 15.7 Å². The van der Waals surface area contributed by atoms with Gasteiger partial charge >= 0.3 is 0 Å². The smallest absolute Gasteiger partial charge is 0.207 e. The molecule has 1 aliphatic rings. The van der Waals surface area contributed by atoms with Crippen molar-refractivity contribution in [1.29, 1.82) is 0 Å². The van der Waals surface area contributed by atoms with E-state index in [0.29, 0.717) is 0 Å². The molecule has 0 aromatic heterocycles. The van der Waals surface area contributed by atoms with Crippen LogP contribution in [0, 0.1) is 5.82 Å². The van der Waals surface area contributed by atoms with Gasteiger partial charge in [0, 0.05) is 14.1 Å². The molecule has 0 heterocycles. The molecule has 0 unspecified atom stereocenters. The van der Waals surface area contributed by atoms with E-state index in [1.165, 1.54) is 26.2 Å². The third-order valence-electron chi connectivity index (χ3n) is 2.95. The lowest BCUT2D eigenvalue weighted by atomic mass is 10.1. The number of halogens is 1. The standard InChI is InChI=1S/C11H15FN2O2S/c1-14(2)17(15,16)13-11(7-8-11)9-3-5-10(12)6-4-9/h3-6,13H,7-8H2,1-2H3. The molecule has 1 aliphatic carbocycles. The van der Waals surface area contributed by atoms with Crippen LogP contribution in [0.3, 0.4) is 0 Å². The molecule has 2 rings (SSSR count). The van der Waals surface area contributed by atoms with Gasteiger partial charge in [-0.2, -0.15) is 17.4 Å². The Balaban J connectivity index is 2.24. The minimum Gasteiger partial charge on any atom is -0.207 e. The van der Waals surface area contributed by atoms with Crippen molar-refractivity contribution in [3.63, 3.8) is 0 Å². The molecule has 1 saturated carbocycles. The number of benzene rings is 1. The van der Waals surface area contributed by atoms with Crippen LogP contribution in [0.4, 0.5) is 4.39 Å². The van der Waals surface area contributed by atoms with Crippen LogP contribution in [0.5, 0.6) is 0 Å². The number of hydrogen-bond donors (Lipinski definition) is 1. The highest BCUT2D eigenvalue weighted by atomic mass is 32.2. The van der Waals surface area contributed by atoms with Gasteiger partial charge in [-0.25, -0.2) is 4.39 Å². The summed E-state index contributed by atoms with van der Waals surface area (Å²) in [5, 5.41) is 0. The Morgan fingerprint density at radius 2 is 1.76 bits per heavy atom. The molecule has 1 fully saturated rings. The predicted molar refractivity (Wildman–Crippen MR) is 63.1 cm³/mol. The van der Waals surface area contributed by atoms with Crippen LogP contribution < -0.4 is 4.72 Å². The lowest BCUT2D eigenvalue weighted by Crippen LogP contribution is -2.42. The van der Waals surface area contributed by atoms with Gasteiger partial charge in [0.1, 0.15) is 5.82 Å². The third-order valence-corrected chi connectivity index (χ3v) is 4.56. The summed E-state index contributed by atoms with van der Waals surface area (Å²) >= 11 is 0. The van der Waals surface area contributed by atoms with Crippen molar-refractivity contribution < 1.29 is 12.8 Å². The Bertz CT molecular complexity index is 507. The molecule has 1 N–H and O–H groups in total. The second kappa shape index (κ2) is 4.04. The van der Waals surface area contributed by atoms with Crippen LogP contribution >= 0.6 is 0 Å². The fraction of sp³-hybridized carbons (Fsp3) is 0.455. The molecule has 1 aromatic rings. The molecule has 1 aromatic carbocycles. The maximum Gasteiger partial charge on any atom is 0.279 e. The monoisotopic (exact) mass is 258 g/mol. The lowest BCUT2D eigenvalue weighted by Gasteiger charge is -2.20. The Labute approximate surface area is 101 Å². The van der Waals surface area contributed by atoms with Gasteiger partial charge in [0.15, 0.2) is 0 Å². The van der Waals surface area contributed by atoms with Crippen molar-refractivity contribution in [2.75, 3.05) is 14.1 Å². The van der Waals surface area contributed by atoms with E-state index in [4.69, 9.17) is 0 Å². The van der Waals surface area contributed by atoms with Crippen molar-refractivity contribution in [2.45, 2.75) is 18.4 Å². The van der Waals surface area contributed by atoms with E-state index >= 15 is 0 Å². The average molecular weight is 258 g/mol.